The van der Waals surface area contributed by atoms with Crippen LogP contribution >= 0.6 is 11.3 Å². The van der Waals surface area contributed by atoms with Crippen LogP contribution < -0.4 is 0 Å². The Bertz CT molecular complexity index is 774. The van der Waals surface area contributed by atoms with Crippen molar-refractivity contribution in [2.75, 3.05) is 0 Å². The van der Waals surface area contributed by atoms with Crippen LogP contribution in [-0.2, 0) is 0 Å². The Balaban J connectivity index is 1.54. The van der Waals surface area contributed by atoms with Crippen LogP contribution in [-0.4, -0.2) is 11.2 Å². The second kappa shape index (κ2) is 6.32. The molecule has 0 aromatic carbocycles. The van der Waals surface area contributed by atoms with E-state index in [4.69, 9.17) is 0 Å². The number of hydrogen-bond acceptors (Lipinski definition) is 2. The van der Waals surface area contributed by atoms with Gasteiger partial charge in [-0.05, 0) is 107 Å². The topological polar surface area (TPSA) is 20.2 Å². The molecule has 0 aliphatic heterocycles. The van der Waals surface area contributed by atoms with Crippen molar-refractivity contribution < 1.29 is 5.11 Å². The van der Waals surface area contributed by atoms with Crippen molar-refractivity contribution in [3.05, 3.63) is 40.1 Å². The molecule has 2 heteroatoms. The van der Waals surface area contributed by atoms with Crippen LogP contribution in [0.15, 0.2) is 34.6 Å². The minimum atomic E-state index is -0.106. The van der Waals surface area contributed by atoms with Gasteiger partial charge in [0.25, 0.3) is 0 Å². The second-order valence-electron chi connectivity index (χ2n) is 10.2. The number of hydrogen-bond donors (Lipinski definition) is 1. The van der Waals surface area contributed by atoms with Crippen molar-refractivity contribution in [3.63, 3.8) is 0 Å². The highest BCUT2D eigenvalue weighted by Crippen LogP contribution is 2.67. The van der Waals surface area contributed by atoms with Crippen LogP contribution in [0.1, 0.15) is 71.3 Å². The van der Waals surface area contributed by atoms with Gasteiger partial charge in [-0.3, -0.25) is 0 Å². The van der Waals surface area contributed by atoms with E-state index < -0.39 is 0 Å². The van der Waals surface area contributed by atoms with Crippen LogP contribution in [0.3, 0.4) is 0 Å². The molecule has 146 valence electrons. The van der Waals surface area contributed by atoms with E-state index in [9.17, 15) is 5.11 Å². The molecule has 4 aliphatic carbocycles. The lowest BCUT2D eigenvalue weighted by Gasteiger charge is -2.60. The maximum Gasteiger partial charge on any atom is 0.0577 e. The van der Waals surface area contributed by atoms with Gasteiger partial charge in [0.15, 0.2) is 0 Å². The molecule has 1 heterocycles. The third-order valence-corrected chi connectivity index (χ3v) is 9.81. The second-order valence-corrected chi connectivity index (χ2v) is 11.0. The molecular weight excluding hydrogens is 348 g/mol. The number of aliphatic hydroxyl groups excluding tert-OH is 1. The first-order valence-electron chi connectivity index (χ1n) is 11.1. The summed E-state index contributed by atoms with van der Waals surface area (Å²) in [5.41, 5.74) is 5.41. The summed E-state index contributed by atoms with van der Waals surface area (Å²) in [7, 11) is 0. The number of fused-ring (bicyclic) bond motifs is 5. The largest absolute Gasteiger partial charge is 0.393 e. The quantitative estimate of drug-likeness (QED) is 0.564. The third kappa shape index (κ3) is 2.52. The van der Waals surface area contributed by atoms with Gasteiger partial charge in [0.2, 0.25) is 0 Å². The van der Waals surface area contributed by atoms with E-state index in [-0.39, 0.29) is 6.10 Å². The molecule has 5 rings (SSSR count). The average molecular weight is 383 g/mol. The van der Waals surface area contributed by atoms with Gasteiger partial charge in [-0.25, -0.2) is 0 Å². The van der Waals surface area contributed by atoms with Gasteiger partial charge < -0.3 is 5.11 Å². The summed E-state index contributed by atoms with van der Waals surface area (Å²) in [4.78, 5) is 0. The lowest BCUT2D eigenvalue weighted by Crippen LogP contribution is -2.52. The molecule has 27 heavy (non-hydrogen) atoms. The maximum absolute atomic E-state index is 10.3. The third-order valence-electron chi connectivity index (χ3n) is 9.13. The highest BCUT2D eigenvalue weighted by molar-refractivity contribution is 7.08. The van der Waals surface area contributed by atoms with Gasteiger partial charge in [-0.2, -0.15) is 11.3 Å². The van der Waals surface area contributed by atoms with E-state index in [0.29, 0.717) is 16.7 Å². The molecule has 1 N–H and O–H groups in total. The van der Waals surface area contributed by atoms with Gasteiger partial charge in [-0.15, -0.1) is 0 Å². The molecule has 1 aromatic heterocycles. The van der Waals surface area contributed by atoms with Crippen LogP contribution in [0.4, 0.5) is 0 Å². The zero-order valence-electron chi connectivity index (χ0n) is 17.1. The lowest BCUT2D eigenvalue weighted by atomic mass is 9.45. The molecule has 2 saturated carbocycles. The Morgan fingerprint density at radius 2 is 1.96 bits per heavy atom. The zero-order chi connectivity index (χ0) is 18.8. The first kappa shape index (κ1) is 18.2. The summed E-state index contributed by atoms with van der Waals surface area (Å²) in [5, 5.41) is 14.9. The van der Waals surface area contributed by atoms with E-state index in [1.54, 1.807) is 11.1 Å². The van der Waals surface area contributed by atoms with E-state index in [1.807, 2.05) is 11.3 Å². The van der Waals surface area contributed by atoms with Crippen molar-refractivity contribution in [2.45, 2.75) is 71.8 Å². The zero-order valence-corrected chi connectivity index (χ0v) is 17.9. The molecule has 2 fully saturated rings. The van der Waals surface area contributed by atoms with Crippen molar-refractivity contribution in [3.8, 4) is 0 Å². The number of allylic oxidation sites excluding steroid dienone is 3. The molecule has 1 aromatic rings. The van der Waals surface area contributed by atoms with Gasteiger partial charge in [0.1, 0.15) is 0 Å². The highest BCUT2D eigenvalue weighted by Gasteiger charge is 2.58. The number of rotatable bonds is 2. The summed E-state index contributed by atoms with van der Waals surface area (Å²) in [5.74, 6) is 3.11. The molecular formula is C25H34OS. The molecule has 4 aliphatic rings. The molecule has 0 bridgehead atoms. The average Bonchev–Trinajstić information content (AvgIpc) is 3.28. The smallest absolute Gasteiger partial charge is 0.0577 e. The number of thiophene rings is 1. The lowest BCUT2D eigenvalue weighted by molar-refractivity contribution is -0.0464. The Hall–Kier alpha value is -0.860. The summed E-state index contributed by atoms with van der Waals surface area (Å²) in [6.45, 7) is 7.50. The van der Waals surface area contributed by atoms with Gasteiger partial charge in [0, 0.05) is 0 Å². The SMILES string of the molecule is CC[C@@H]1C=C2C[C@@H](O)CC[C@]2(C)[C@H]2CC[C@]3(C)C(c4ccsc4)=CC[C@H]3[C@H]12. The van der Waals surface area contributed by atoms with E-state index in [1.165, 1.54) is 37.7 Å². The van der Waals surface area contributed by atoms with Crippen molar-refractivity contribution in [1.29, 1.82) is 0 Å². The van der Waals surface area contributed by atoms with Crippen LogP contribution in [0.25, 0.3) is 5.57 Å². The Morgan fingerprint density at radius 1 is 1.15 bits per heavy atom. The van der Waals surface area contributed by atoms with Crippen LogP contribution in [0.2, 0.25) is 0 Å². The molecule has 0 unspecified atom stereocenters. The standard InChI is InChI=1S/C25H34OS/c1-4-16-13-18-14-19(26)7-10-24(18,2)22-8-11-25(3)20(17-9-12-27-15-17)5-6-21(25)23(16)22/h5,9,12-13,15-16,19,21-23,26H,4,6-8,10-11,14H2,1-3H3/t16-,19+,21+,22+,23+,24+,25-/m1/s1. The van der Waals surface area contributed by atoms with Gasteiger partial charge in [0.05, 0.1) is 6.10 Å². The molecule has 7 atom stereocenters. The fraction of sp³-hybridized carbons (Fsp3) is 0.680. The van der Waals surface area contributed by atoms with Gasteiger partial charge >= 0.3 is 0 Å². The Morgan fingerprint density at radius 3 is 2.70 bits per heavy atom. The fourth-order valence-electron chi connectivity index (χ4n) is 7.63. The van der Waals surface area contributed by atoms with E-state index in [2.05, 4.69) is 49.7 Å². The predicted octanol–water partition coefficient (Wildman–Crippen LogP) is 6.70. The molecule has 0 radical (unpaired) electrons. The highest BCUT2D eigenvalue weighted by atomic mass is 32.1. The Kier molecular flexibility index (Phi) is 4.26. The monoisotopic (exact) mass is 382 g/mol. The van der Waals surface area contributed by atoms with Gasteiger partial charge in [-0.1, -0.05) is 38.5 Å². The molecule has 0 amide bonds. The Labute approximate surface area is 168 Å². The summed E-state index contributed by atoms with van der Waals surface area (Å²) in [6, 6.07) is 2.33. The van der Waals surface area contributed by atoms with E-state index in [0.717, 1.165) is 30.6 Å². The fourth-order valence-corrected chi connectivity index (χ4v) is 8.29. The number of aliphatic hydroxyl groups is 1. The molecule has 0 saturated heterocycles. The van der Waals surface area contributed by atoms with Crippen LogP contribution in [0, 0.1) is 34.5 Å². The minimum absolute atomic E-state index is 0.106. The molecule has 1 nitrogen and oxygen atoms in total. The van der Waals surface area contributed by atoms with Crippen molar-refractivity contribution in [2.24, 2.45) is 34.5 Å². The first-order valence-corrected chi connectivity index (χ1v) is 12.0. The van der Waals surface area contributed by atoms with Crippen molar-refractivity contribution in [1.82, 2.24) is 0 Å². The summed E-state index contributed by atoms with van der Waals surface area (Å²) in [6.07, 6.45) is 13.4. The summed E-state index contributed by atoms with van der Waals surface area (Å²) < 4.78 is 0. The summed E-state index contributed by atoms with van der Waals surface area (Å²) >= 11 is 1.83. The normalized spacial score (nSPS) is 46.1. The molecule has 0 spiro atoms. The van der Waals surface area contributed by atoms with E-state index >= 15 is 0 Å². The van der Waals surface area contributed by atoms with Crippen molar-refractivity contribution >= 4 is 16.9 Å². The minimum Gasteiger partial charge on any atom is -0.393 e. The first-order chi connectivity index (χ1) is 13.0. The predicted molar refractivity (Wildman–Crippen MR) is 115 cm³/mol. The maximum atomic E-state index is 10.3. The van der Waals surface area contributed by atoms with Crippen LogP contribution in [0.5, 0.6) is 0 Å².